The molecule has 0 unspecified atom stereocenters. The van der Waals surface area contributed by atoms with Gasteiger partial charge < -0.3 is 14.7 Å². The van der Waals surface area contributed by atoms with Crippen LogP contribution in [0, 0.1) is 6.57 Å². The summed E-state index contributed by atoms with van der Waals surface area (Å²) in [6, 6.07) is 5.11. The largest absolute Gasteiger partial charge is 0.508 e. The van der Waals surface area contributed by atoms with Gasteiger partial charge in [-0.1, -0.05) is 6.07 Å². The van der Waals surface area contributed by atoms with E-state index in [9.17, 15) is 5.11 Å². The van der Waals surface area contributed by atoms with Crippen LogP contribution >= 0.6 is 0 Å². The molecule has 68 valence electrons. The van der Waals surface area contributed by atoms with E-state index in [0.29, 0.717) is 18.7 Å². The molecule has 1 N–H and O–H groups in total. The number of phenolic OH excluding ortho intramolecular Hbond substituents is 1. The van der Waals surface area contributed by atoms with Gasteiger partial charge in [0.05, 0.1) is 7.11 Å². The SMILES string of the molecule is [C-]#[N+]CCc1ccc(OC)cc1O. The van der Waals surface area contributed by atoms with Crippen molar-refractivity contribution >= 4 is 0 Å². The summed E-state index contributed by atoms with van der Waals surface area (Å²) in [5, 5.41) is 9.47. The third-order valence-electron chi connectivity index (χ3n) is 1.79. The van der Waals surface area contributed by atoms with Crippen LogP contribution in [0.25, 0.3) is 4.85 Å². The van der Waals surface area contributed by atoms with E-state index in [1.807, 2.05) is 0 Å². The molecule has 0 saturated carbocycles. The van der Waals surface area contributed by atoms with E-state index in [-0.39, 0.29) is 5.75 Å². The van der Waals surface area contributed by atoms with Crippen LogP contribution in [0.15, 0.2) is 18.2 Å². The van der Waals surface area contributed by atoms with Crippen LogP contribution in [0.2, 0.25) is 0 Å². The Morgan fingerprint density at radius 1 is 1.54 bits per heavy atom. The molecule has 0 fully saturated rings. The minimum Gasteiger partial charge on any atom is -0.508 e. The van der Waals surface area contributed by atoms with Crippen molar-refractivity contribution < 1.29 is 9.84 Å². The summed E-state index contributed by atoms with van der Waals surface area (Å²) >= 11 is 0. The zero-order valence-corrected chi connectivity index (χ0v) is 7.45. The highest BCUT2D eigenvalue weighted by Gasteiger charge is 2.03. The second kappa shape index (κ2) is 4.36. The molecule has 0 amide bonds. The molecule has 0 heterocycles. The van der Waals surface area contributed by atoms with Crippen molar-refractivity contribution in [3.05, 3.63) is 35.2 Å². The van der Waals surface area contributed by atoms with E-state index in [4.69, 9.17) is 11.3 Å². The average molecular weight is 177 g/mol. The van der Waals surface area contributed by atoms with Crippen LogP contribution in [0.3, 0.4) is 0 Å². The maximum Gasteiger partial charge on any atom is 0.218 e. The van der Waals surface area contributed by atoms with E-state index >= 15 is 0 Å². The van der Waals surface area contributed by atoms with Crippen LogP contribution in [0.1, 0.15) is 5.56 Å². The molecule has 0 radical (unpaired) electrons. The molecule has 1 aromatic rings. The Morgan fingerprint density at radius 3 is 2.85 bits per heavy atom. The van der Waals surface area contributed by atoms with Gasteiger partial charge in [-0.25, -0.2) is 6.57 Å². The summed E-state index contributed by atoms with van der Waals surface area (Å²) < 4.78 is 4.93. The first-order chi connectivity index (χ1) is 6.27. The van der Waals surface area contributed by atoms with E-state index < -0.39 is 0 Å². The van der Waals surface area contributed by atoms with Crippen molar-refractivity contribution in [3.8, 4) is 11.5 Å². The molecule has 3 nitrogen and oxygen atoms in total. The summed E-state index contributed by atoms with van der Waals surface area (Å²) in [6.45, 7) is 7.02. The van der Waals surface area contributed by atoms with Gasteiger partial charge in [-0.2, -0.15) is 0 Å². The molecule has 1 aromatic carbocycles. The summed E-state index contributed by atoms with van der Waals surface area (Å²) in [4.78, 5) is 3.22. The second-order valence-corrected chi connectivity index (χ2v) is 2.63. The van der Waals surface area contributed by atoms with Crippen LogP contribution in [0.5, 0.6) is 11.5 Å². The first-order valence-electron chi connectivity index (χ1n) is 3.97. The zero-order valence-electron chi connectivity index (χ0n) is 7.45. The number of hydrogen-bond donors (Lipinski definition) is 1. The summed E-state index contributed by atoms with van der Waals surface area (Å²) in [6.07, 6.45) is 0.583. The smallest absolute Gasteiger partial charge is 0.218 e. The molecule has 1 rings (SSSR count). The maximum atomic E-state index is 9.47. The van der Waals surface area contributed by atoms with Gasteiger partial charge >= 0.3 is 0 Å². The van der Waals surface area contributed by atoms with Gasteiger partial charge in [0.1, 0.15) is 11.5 Å². The molecule has 3 heteroatoms. The maximum absolute atomic E-state index is 9.47. The van der Waals surface area contributed by atoms with Crippen LogP contribution in [-0.4, -0.2) is 18.8 Å². The van der Waals surface area contributed by atoms with Gasteiger partial charge in [0, 0.05) is 18.1 Å². The molecule has 0 aliphatic heterocycles. The van der Waals surface area contributed by atoms with Gasteiger partial charge in [0.2, 0.25) is 6.54 Å². The van der Waals surface area contributed by atoms with Crippen molar-refractivity contribution in [2.45, 2.75) is 6.42 Å². The number of hydrogen-bond acceptors (Lipinski definition) is 2. The van der Waals surface area contributed by atoms with Crippen molar-refractivity contribution in [1.29, 1.82) is 0 Å². The zero-order chi connectivity index (χ0) is 9.68. The number of benzene rings is 1. The van der Waals surface area contributed by atoms with Crippen molar-refractivity contribution in [3.63, 3.8) is 0 Å². The minimum atomic E-state index is 0.197. The molecule has 0 aromatic heterocycles. The molecular weight excluding hydrogens is 166 g/mol. The van der Waals surface area contributed by atoms with Crippen molar-refractivity contribution in [2.75, 3.05) is 13.7 Å². The molecule has 0 bridgehead atoms. The Labute approximate surface area is 77.4 Å². The Kier molecular flexibility index (Phi) is 3.15. The van der Waals surface area contributed by atoms with Gasteiger partial charge in [-0.3, -0.25) is 0 Å². The molecular formula is C10H11NO2. The summed E-state index contributed by atoms with van der Waals surface area (Å²) in [7, 11) is 1.55. The van der Waals surface area contributed by atoms with E-state index in [0.717, 1.165) is 5.56 Å². The highest BCUT2D eigenvalue weighted by Crippen LogP contribution is 2.23. The Morgan fingerprint density at radius 2 is 2.31 bits per heavy atom. The van der Waals surface area contributed by atoms with E-state index in [1.165, 1.54) is 0 Å². The number of phenols is 1. The lowest BCUT2D eigenvalue weighted by molar-refractivity contribution is 0.406. The fourth-order valence-corrected chi connectivity index (χ4v) is 1.06. The number of methoxy groups -OCH3 is 1. The fourth-order valence-electron chi connectivity index (χ4n) is 1.06. The minimum absolute atomic E-state index is 0.197. The normalized spacial score (nSPS) is 9.23. The van der Waals surface area contributed by atoms with Crippen molar-refractivity contribution in [2.24, 2.45) is 0 Å². The van der Waals surface area contributed by atoms with Crippen LogP contribution < -0.4 is 4.74 Å². The van der Waals surface area contributed by atoms with Gasteiger partial charge in [0.25, 0.3) is 0 Å². The molecule has 0 spiro atoms. The predicted octanol–water partition coefficient (Wildman–Crippen LogP) is 1.86. The van der Waals surface area contributed by atoms with Crippen LogP contribution in [-0.2, 0) is 6.42 Å². The van der Waals surface area contributed by atoms with E-state index in [2.05, 4.69) is 4.85 Å². The first kappa shape index (κ1) is 9.40. The highest BCUT2D eigenvalue weighted by atomic mass is 16.5. The third-order valence-corrected chi connectivity index (χ3v) is 1.79. The van der Waals surface area contributed by atoms with Crippen LogP contribution in [0.4, 0.5) is 0 Å². The molecule has 13 heavy (non-hydrogen) atoms. The fraction of sp³-hybridized carbons (Fsp3) is 0.300. The predicted molar refractivity (Wildman–Crippen MR) is 49.8 cm³/mol. The standard InChI is InChI=1S/C10H11NO2/c1-11-6-5-8-3-4-9(13-2)7-10(8)12/h3-4,7,12H,5-6H2,2H3. The molecule has 0 aliphatic carbocycles. The van der Waals surface area contributed by atoms with Crippen molar-refractivity contribution in [1.82, 2.24) is 0 Å². The number of nitrogens with zero attached hydrogens (tertiary/aromatic N) is 1. The Balaban J connectivity index is 2.80. The first-order valence-corrected chi connectivity index (χ1v) is 3.97. The lowest BCUT2D eigenvalue weighted by Crippen LogP contribution is -1.89. The molecule has 0 atom stereocenters. The summed E-state index contributed by atoms with van der Waals surface area (Å²) in [5.74, 6) is 0.826. The number of aromatic hydroxyl groups is 1. The van der Waals surface area contributed by atoms with E-state index in [1.54, 1.807) is 25.3 Å². The van der Waals surface area contributed by atoms with Gasteiger partial charge in [-0.15, -0.1) is 0 Å². The Bertz CT molecular complexity index is 328. The highest BCUT2D eigenvalue weighted by molar-refractivity contribution is 5.39. The lowest BCUT2D eigenvalue weighted by atomic mass is 10.1. The Hall–Kier alpha value is -1.69. The quantitative estimate of drug-likeness (QED) is 0.715. The lowest BCUT2D eigenvalue weighted by Gasteiger charge is -2.03. The topological polar surface area (TPSA) is 33.8 Å². The number of ether oxygens (including phenoxy) is 1. The monoisotopic (exact) mass is 177 g/mol. The second-order valence-electron chi connectivity index (χ2n) is 2.63. The van der Waals surface area contributed by atoms with Gasteiger partial charge in [0.15, 0.2) is 0 Å². The average Bonchev–Trinajstić information content (AvgIpc) is 2.16. The summed E-state index contributed by atoms with van der Waals surface area (Å²) in [5.41, 5.74) is 0.789. The number of rotatable bonds is 3. The molecule has 0 aliphatic rings. The molecule has 0 saturated heterocycles. The third kappa shape index (κ3) is 2.38. The van der Waals surface area contributed by atoms with Gasteiger partial charge in [-0.05, 0) is 6.07 Å².